The predicted octanol–water partition coefficient (Wildman–Crippen LogP) is 10.1. The third-order valence-corrected chi connectivity index (χ3v) is 8.12. The number of para-hydroxylation sites is 3. The number of hydrogen-bond donors (Lipinski definition) is 1. The van der Waals surface area contributed by atoms with Crippen LogP contribution in [0.4, 0.5) is 0 Å². The molecule has 7 rings (SSSR count). The summed E-state index contributed by atoms with van der Waals surface area (Å²) in [5.41, 5.74) is 11.0. The third-order valence-electron chi connectivity index (χ3n) is 8.12. The van der Waals surface area contributed by atoms with E-state index < -0.39 is 0 Å². The molecule has 214 valence electrons. The van der Waals surface area contributed by atoms with Crippen LogP contribution < -0.4 is 0 Å². The molecule has 44 heavy (non-hydrogen) atoms. The van der Waals surface area contributed by atoms with Gasteiger partial charge in [-0.3, -0.25) is 9.55 Å². The second-order valence-corrected chi connectivity index (χ2v) is 12.1. The molecule has 0 aliphatic carbocycles. The number of aromatic hydroxyl groups is 1. The fourth-order valence-electron chi connectivity index (χ4n) is 5.80. The number of aromatic nitrogens is 3. The second kappa shape index (κ2) is 11.0. The van der Waals surface area contributed by atoms with E-state index in [4.69, 9.17) is 9.97 Å². The summed E-state index contributed by atoms with van der Waals surface area (Å²) in [7, 11) is 0. The first kappa shape index (κ1) is 27.4. The summed E-state index contributed by atoms with van der Waals surface area (Å²) in [6.07, 6.45) is 1.91. The van der Waals surface area contributed by atoms with Crippen molar-refractivity contribution in [1.29, 1.82) is 0 Å². The zero-order valence-electron chi connectivity index (χ0n) is 25.1. The first-order valence-corrected chi connectivity index (χ1v) is 14.9. The predicted molar refractivity (Wildman–Crippen MR) is 181 cm³/mol. The Labute approximate surface area is 258 Å². The molecule has 0 fully saturated rings. The molecule has 0 aliphatic heterocycles. The Hall–Kier alpha value is -5.48. The maximum Gasteiger partial charge on any atom is 0.149 e. The lowest BCUT2D eigenvalue weighted by Crippen LogP contribution is -2.11. The molecule has 4 heteroatoms. The molecule has 0 aliphatic rings. The van der Waals surface area contributed by atoms with E-state index in [1.165, 1.54) is 5.56 Å². The highest BCUT2D eigenvalue weighted by atomic mass is 16.3. The lowest BCUT2D eigenvalue weighted by Gasteiger charge is -2.19. The molecule has 0 saturated heterocycles. The minimum atomic E-state index is 0.00677. The zero-order chi connectivity index (χ0) is 30.3. The molecule has 7 aromatic rings. The number of hydrogen-bond acceptors (Lipinski definition) is 3. The monoisotopic (exact) mass is 571 g/mol. The standard InChI is InChI=1S/C40H33N3O/c1-40(2,3)31-21-22-41-35(26-31)30-24-28(27-13-6-4-7-14-27)23-29(25-30)33-18-12-19-36-38(33)42-39(34-17-10-11-20-37(34)44)43(36)32-15-8-5-9-16-32/h4-26,44H,1-3H3. The van der Waals surface area contributed by atoms with Crippen LogP contribution >= 0.6 is 0 Å². The van der Waals surface area contributed by atoms with Crippen molar-refractivity contribution < 1.29 is 5.11 Å². The molecule has 0 spiro atoms. The minimum Gasteiger partial charge on any atom is -0.507 e. The molecule has 0 saturated carbocycles. The zero-order valence-corrected chi connectivity index (χ0v) is 25.1. The van der Waals surface area contributed by atoms with Gasteiger partial charge in [0.2, 0.25) is 0 Å². The topological polar surface area (TPSA) is 50.9 Å². The van der Waals surface area contributed by atoms with Gasteiger partial charge in [0.1, 0.15) is 11.6 Å². The van der Waals surface area contributed by atoms with E-state index in [2.05, 4.69) is 110 Å². The number of phenolic OH excluding ortho intramolecular Hbond substituents is 1. The average Bonchev–Trinajstić information content (AvgIpc) is 3.45. The molecule has 4 nitrogen and oxygen atoms in total. The minimum absolute atomic E-state index is 0.00677. The van der Waals surface area contributed by atoms with Crippen molar-refractivity contribution in [3.8, 4) is 56.3 Å². The number of nitrogens with zero attached hydrogens (tertiary/aromatic N) is 3. The molecule has 1 N–H and O–H groups in total. The number of benzene rings is 5. The van der Waals surface area contributed by atoms with Gasteiger partial charge in [-0.2, -0.15) is 0 Å². The van der Waals surface area contributed by atoms with Gasteiger partial charge in [0.15, 0.2) is 0 Å². The van der Waals surface area contributed by atoms with Crippen molar-refractivity contribution in [3.63, 3.8) is 0 Å². The lowest BCUT2D eigenvalue weighted by molar-refractivity contribution is 0.477. The molecule has 5 aromatic carbocycles. The maximum absolute atomic E-state index is 10.9. The van der Waals surface area contributed by atoms with Crippen molar-refractivity contribution >= 4 is 11.0 Å². The highest BCUT2D eigenvalue weighted by Gasteiger charge is 2.21. The third kappa shape index (κ3) is 5.05. The highest BCUT2D eigenvalue weighted by Crippen LogP contribution is 2.39. The van der Waals surface area contributed by atoms with Crippen LogP contribution in [0.15, 0.2) is 140 Å². The summed E-state index contributed by atoms with van der Waals surface area (Å²) in [6.45, 7) is 6.68. The van der Waals surface area contributed by atoms with Gasteiger partial charge in [0.25, 0.3) is 0 Å². The van der Waals surface area contributed by atoms with Crippen LogP contribution in [-0.4, -0.2) is 19.6 Å². The first-order valence-electron chi connectivity index (χ1n) is 14.9. The van der Waals surface area contributed by atoms with Crippen LogP contribution in [0.1, 0.15) is 26.3 Å². The van der Waals surface area contributed by atoms with E-state index in [1.54, 1.807) is 6.07 Å². The summed E-state index contributed by atoms with van der Waals surface area (Å²) in [4.78, 5) is 10.0. The molecule has 0 radical (unpaired) electrons. The van der Waals surface area contributed by atoms with E-state index >= 15 is 0 Å². The Morgan fingerprint density at radius 2 is 1.25 bits per heavy atom. The van der Waals surface area contributed by atoms with E-state index in [9.17, 15) is 5.11 Å². The summed E-state index contributed by atoms with van der Waals surface area (Å²) >= 11 is 0. The van der Waals surface area contributed by atoms with Gasteiger partial charge in [0.05, 0.1) is 22.3 Å². The van der Waals surface area contributed by atoms with Crippen LogP contribution in [-0.2, 0) is 5.41 Å². The van der Waals surface area contributed by atoms with Gasteiger partial charge >= 0.3 is 0 Å². The summed E-state index contributed by atoms with van der Waals surface area (Å²) in [5.74, 6) is 0.885. The van der Waals surface area contributed by atoms with Crippen LogP contribution in [0.25, 0.3) is 61.6 Å². The molecular formula is C40H33N3O. The van der Waals surface area contributed by atoms with Gasteiger partial charge in [-0.1, -0.05) is 93.6 Å². The number of pyridine rings is 1. The van der Waals surface area contributed by atoms with E-state index in [-0.39, 0.29) is 11.2 Å². The largest absolute Gasteiger partial charge is 0.507 e. The molecule has 0 bridgehead atoms. The van der Waals surface area contributed by atoms with Crippen molar-refractivity contribution in [1.82, 2.24) is 14.5 Å². The van der Waals surface area contributed by atoms with Gasteiger partial charge in [-0.05, 0) is 88.3 Å². The highest BCUT2D eigenvalue weighted by molar-refractivity contribution is 5.97. The van der Waals surface area contributed by atoms with Crippen molar-refractivity contribution in [2.75, 3.05) is 0 Å². The normalized spacial score (nSPS) is 11.6. The van der Waals surface area contributed by atoms with Gasteiger partial charge in [-0.15, -0.1) is 0 Å². The van der Waals surface area contributed by atoms with Gasteiger partial charge in [-0.25, -0.2) is 4.98 Å². The number of rotatable bonds is 5. The quantitative estimate of drug-likeness (QED) is 0.224. The van der Waals surface area contributed by atoms with Crippen LogP contribution in [0, 0.1) is 0 Å². The SMILES string of the molecule is CC(C)(C)c1ccnc(-c2cc(-c3ccccc3)cc(-c3cccc4c3nc(-c3ccccc3O)n4-c3ccccc3)c2)c1. The Morgan fingerprint density at radius 3 is 2.00 bits per heavy atom. The molecule has 0 atom stereocenters. The number of imidazole rings is 1. The lowest BCUT2D eigenvalue weighted by atomic mass is 9.86. The van der Waals surface area contributed by atoms with Crippen LogP contribution in [0.3, 0.4) is 0 Å². The maximum atomic E-state index is 10.9. The average molecular weight is 572 g/mol. The van der Waals surface area contributed by atoms with E-state index in [0.717, 1.165) is 50.2 Å². The first-order chi connectivity index (χ1) is 21.4. The Morgan fingerprint density at radius 1 is 0.591 bits per heavy atom. The second-order valence-electron chi connectivity index (χ2n) is 12.1. The van der Waals surface area contributed by atoms with Gasteiger partial charge < -0.3 is 5.11 Å². The summed E-state index contributed by atoms with van der Waals surface area (Å²) in [6, 6.07) is 45.3. The van der Waals surface area contributed by atoms with Crippen LogP contribution in [0.5, 0.6) is 5.75 Å². The van der Waals surface area contributed by atoms with Crippen molar-refractivity contribution in [2.24, 2.45) is 0 Å². The Balaban J connectivity index is 1.50. The Kier molecular flexibility index (Phi) is 6.83. The summed E-state index contributed by atoms with van der Waals surface area (Å²) < 4.78 is 2.13. The number of fused-ring (bicyclic) bond motifs is 1. The van der Waals surface area contributed by atoms with Crippen molar-refractivity contribution in [3.05, 3.63) is 145 Å². The molecule has 2 aromatic heterocycles. The van der Waals surface area contributed by atoms with E-state index in [0.29, 0.717) is 11.4 Å². The molecular weight excluding hydrogens is 538 g/mol. The van der Waals surface area contributed by atoms with E-state index in [1.807, 2.05) is 48.7 Å². The van der Waals surface area contributed by atoms with Crippen molar-refractivity contribution in [2.45, 2.75) is 26.2 Å². The Bertz CT molecular complexity index is 2110. The molecule has 0 unspecified atom stereocenters. The summed E-state index contributed by atoms with van der Waals surface area (Å²) in [5, 5.41) is 10.9. The molecule has 2 heterocycles. The molecule has 0 amide bonds. The van der Waals surface area contributed by atoms with Gasteiger partial charge in [0, 0.05) is 23.0 Å². The van der Waals surface area contributed by atoms with Crippen LogP contribution in [0.2, 0.25) is 0 Å². The smallest absolute Gasteiger partial charge is 0.149 e. The fraction of sp³-hybridized carbons (Fsp3) is 0.100. The fourth-order valence-corrected chi connectivity index (χ4v) is 5.80. The number of phenols is 1.